The number of hydrogen-bond acceptors (Lipinski definition) is 5. The highest BCUT2D eigenvalue weighted by atomic mass is 79.9. The van der Waals surface area contributed by atoms with Gasteiger partial charge in [0, 0.05) is 34.6 Å². The standard InChI is InChI=1S/C19H18BrN3O2S/c1-12-19(26-11-21-12)16(13-3-6-15(20)7-4-13)9-17(22-25)14-5-8-18(24)23(2)10-14/h3-8,10-11,16-17H,9H2,1-2H3. The van der Waals surface area contributed by atoms with E-state index < -0.39 is 6.04 Å². The summed E-state index contributed by atoms with van der Waals surface area (Å²) >= 11 is 5.05. The monoisotopic (exact) mass is 431 g/mol. The lowest BCUT2D eigenvalue weighted by atomic mass is 9.88. The van der Waals surface area contributed by atoms with E-state index in [0.717, 1.165) is 26.2 Å². The Morgan fingerprint density at radius 2 is 1.88 bits per heavy atom. The van der Waals surface area contributed by atoms with Crippen molar-refractivity contribution in [2.45, 2.75) is 25.3 Å². The Balaban J connectivity index is 1.99. The topological polar surface area (TPSA) is 64.3 Å². The maximum atomic E-state index is 11.6. The first-order chi connectivity index (χ1) is 12.5. The number of benzene rings is 1. The summed E-state index contributed by atoms with van der Waals surface area (Å²) in [5, 5.41) is 3.36. The number of rotatable bonds is 6. The number of hydrogen-bond donors (Lipinski definition) is 0. The smallest absolute Gasteiger partial charge is 0.250 e. The first kappa shape index (κ1) is 18.7. The second kappa shape index (κ2) is 8.05. The molecule has 0 radical (unpaired) electrons. The van der Waals surface area contributed by atoms with Crippen molar-refractivity contribution >= 4 is 27.3 Å². The van der Waals surface area contributed by atoms with Crippen molar-refractivity contribution in [2.75, 3.05) is 0 Å². The maximum Gasteiger partial charge on any atom is 0.250 e. The molecule has 134 valence electrons. The fourth-order valence-electron chi connectivity index (χ4n) is 3.01. The van der Waals surface area contributed by atoms with Gasteiger partial charge in [0.15, 0.2) is 0 Å². The third-order valence-electron chi connectivity index (χ3n) is 4.45. The fraction of sp³-hybridized carbons (Fsp3) is 0.263. The van der Waals surface area contributed by atoms with Gasteiger partial charge in [-0.3, -0.25) is 4.79 Å². The summed E-state index contributed by atoms with van der Waals surface area (Å²) in [6, 6.07) is 10.7. The van der Waals surface area contributed by atoms with Crippen LogP contribution in [0.5, 0.6) is 0 Å². The van der Waals surface area contributed by atoms with Crippen LogP contribution in [0.25, 0.3) is 0 Å². The van der Waals surface area contributed by atoms with Crippen molar-refractivity contribution in [3.8, 4) is 0 Å². The molecule has 2 atom stereocenters. The summed E-state index contributed by atoms with van der Waals surface area (Å²) in [7, 11) is 1.67. The minimum absolute atomic E-state index is 0.00975. The molecule has 2 heterocycles. The molecule has 0 spiro atoms. The van der Waals surface area contributed by atoms with Crippen LogP contribution >= 0.6 is 27.3 Å². The highest BCUT2D eigenvalue weighted by molar-refractivity contribution is 9.10. The molecule has 0 saturated carbocycles. The fourth-order valence-corrected chi connectivity index (χ4v) is 4.22. The molecule has 3 rings (SSSR count). The van der Waals surface area contributed by atoms with Gasteiger partial charge in [0.1, 0.15) is 6.04 Å². The molecule has 7 heteroatoms. The summed E-state index contributed by atoms with van der Waals surface area (Å²) in [6.45, 7) is 1.98. The van der Waals surface area contributed by atoms with Crippen LogP contribution in [0.1, 0.15) is 40.1 Å². The lowest BCUT2D eigenvalue weighted by Crippen LogP contribution is -2.16. The largest absolute Gasteiger partial charge is 0.318 e. The third-order valence-corrected chi connectivity index (χ3v) is 6.02. The van der Waals surface area contributed by atoms with Crippen molar-refractivity contribution in [2.24, 2.45) is 12.2 Å². The summed E-state index contributed by atoms with van der Waals surface area (Å²) in [5.74, 6) is 0.00975. The Kier molecular flexibility index (Phi) is 5.78. The van der Waals surface area contributed by atoms with E-state index in [4.69, 9.17) is 0 Å². The normalized spacial score (nSPS) is 13.3. The Bertz CT molecular complexity index is 965. The lowest BCUT2D eigenvalue weighted by molar-refractivity contribution is 0.591. The summed E-state index contributed by atoms with van der Waals surface area (Å²) in [5.41, 5.74) is 4.53. The van der Waals surface area contributed by atoms with Gasteiger partial charge in [-0.2, -0.15) is 4.91 Å². The molecule has 0 N–H and O–H groups in total. The summed E-state index contributed by atoms with van der Waals surface area (Å²) in [4.78, 5) is 28.7. The van der Waals surface area contributed by atoms with Crippen molar-refractivity contribution in [1.82, 2.24) is 9.55 Å². The zero-order valence-corrected chi connectivity index (χ0v) is 16.8. The first-order valence-electron chi connectivity index (χ1n) is 8.14. The Morgan fingerprint density at radius 3 is 2.46 bits per heavy atom. The zero-order chi connectivity index (χ0) is 18.7. The van der Waals surface area contributed by atoms with Crippen LogP contribution < -0.4 is 5.56 Å². The van der Waals surface area contributed by atoms with Crippen LogP contribution in [0.3, 0.4) is 0 Å². The summed E-state index contributed by atoms with van der Waals surface area (Å²) < 4.78 is 2.48. The SMILES string of the molecule is Cc1ncsc1C(CC(N=O)c1ccc(=O)n(C)c1)c1ccc(Br)cc1. The van der Waals surface area contributed by atoms with E-state index in [2.05, 4.69) is 38.2 Å². The van der Waals surface area contributed by atoms with Crippen LogP contribution in [0.15, 0.2) is 62.5 Å². The predicted octanol–water partition coefficient (Wildman–Crippen LogP) is 4.94. The molecule has 3 aromatic rings. The number of thiazole rings is 1. The molecule has 2 unspecified atom stereocenters. The van der Waals surface area contributed by atoms with Gasteiger partial charge in [-0.1, -0.05) is 33.2 Å². The average Bonchev–Trinajstić information content (AvgIpc) is 3.05. The van der Waals surface area contributed by atoms with Gasteiger partial charge >= 0.3 is 0 Å². The molecule has 0 fully saturated rings. The van der Waals surface area contributed by atoms with Gasteiger partial charge < -0.3 is 4.57 Å². The van der Waals surface area contributed by atoms with Gasteiger partial charge in [-0.25, -0.2) is 4.98 Å². The molecule has 0 aliphatic carbocycles. The average molecular weight is 432 g/mol. The molecule has 1 aromatic carbocycles. The van der Waals surface area contributed by atoms with Gasteiger partial charge in [-0.05, 0) is 42.7 Å². The van der Waals surface area contributed by atoms with Gasteiger partial charge in [0.2, 0.25) is 5.56 Å². The molecule has 0 bridgehead atoms. The Labute approximate surface area is 163 Å². The quantitative estimate of drug-likeness (QED) is 0.518. The molecule has 0 aliphatic heterocycles. The van der Waals surface area contributed by atoms with Crippen molar-refractivity contribution in [3.05, 3.63) is 89.5 Å². The van der Waals surface area contributed by atoms with Crippen molar-refractivity contribution in [3.63, 3.8) is 0 Å². The van der Waals surface area contributed by atoms with E-state index in [-0.39, 0.29) is 11.5 Å². The minimum atomic E-state index is -0.544. The molecule has 0 saturated heterocycles. The van der Waals surface area contributed by atoms with E-state index in [1.165, 1.54) is 10.6 Å². The molecule has 0 amide bonds. The van der Waals surface area contributed by atoms with Gasteiger partial charge in [0.05, 0.1) is 11.2 Å². The van der Waals surface area contributed by atoms with Crippen LogP contribution in [0, 0.1) is 11.8 Å². The predicted molar refractivity (Wildman–Crippen MR) is 108 cm³/mol. The number of aromatic nitrogens is 2. The van der Waals surface area contributed by atoms with E-state index >= 15 is 0 Å². The third kappa shape index (κ3) is 3.99. The van der Waals surface area contributed by atoms with Crippen molar-refractivity contribution in [1.29, 1.82) is 0 Å². The highest BCUT2D eigenvalue weighted by Crippen LogP contribution is 2.38. The van der Waals surface area contributed by atoms with E-state index in [1.807, 2.05) is 24.6 Å². The number of aryl methyl sites for hydroxylation is 2. The first-order valence-corrected chi connectivity index (χ1v) is 9.81. The van der Waals surface area contributed by atoms with Crippen molar-refractivity contribution < 1.29 is 0 Å². The maximum absolute atomic E-state index is 11.6. The molecule has 5 nitrogen and oxygen atoms in total. The van der Waals surface area contributed by atoms with Crippen LogP contribution in [-0.4, -0.2) is 9.55 Å². The second-order valence-electron chi connectivity index (χ2n) is 6.17. The molecule has 2 aromatic heterocycles. The number of halogens is 1. The van der Waals surface area contributed by atoms with Crippen LogP contribution in [0.2, 0.25) is 0 Å². The number of pyridine rings is 1. The molecular weight excluding hydrogens is 414 g/mol. The Morgan fingerprint density at radius 1 is 1.19 bits per heavy atom. The minimum Gasteiger partial charge on any atom is -0.318 e. The van der Waals surface area contributed by atoms with Gasteiger partial charge in [-0.15, -0.1) is 11.3 Å². The molecule has 0 aliphatic rings. The zero-order valence-electron chi connectivity index (χ0n) is 14.4. The van der Waals surface area contributed by atoms with E-state index in [1.54, 1.807) is 30.6 Å². The molecule has 26 heavy (non-hydrogen) atoms. The number of nitroso groups, excluding NO2 is 1. The van der Waals surface area contributed by atoms with E-state index in [0.29, 0.717) is 6.42 Å². The van der Waals surface area contributed by atoms with E-state index in [9.17, 15) is 9.70 Å². The van der Waals surface area contributed by atoms with Crippen LogP contribution in [0.4, 0.5) is 0 Å². The summed E-state index contributed by atoms with van der Waals surface area (Å²) in [6.07, 6.45) is 2.21. The van der Waals surface area contributed by atoms with Gasteiger partial charge in [0.25, 0.3) is 0 Å². The number of nitrogens with zero attached hydrogens (tertiary/aromatic N) is 3. The highest BCUT2D eigenvalue weighted by Gasteiger charge is 2.25. The Hall–Kier alpha value is -2.12. The second-order valence-corrected chi connectivity index (χ2v) is 7.98. The van der Waals surface area contributed by atoms with Crippen LogP contribution in [-0.2, 0) is 7.05 Å². The lowest BCUT2D eigenvalue weighted by Gasteiger charge is -2.20. The molecular formula is C19H18BrN3O2S.